The number of piperidine rings is 1. The fraction of sp³-hybridized carbons (Fsp3) is 0.478. The van der Waals surface area contributed by atoms with Gasteiger partial charge in [-0.2, -0.15) is 13.2 Å². The molecule has 1 aliphatic carbocycles. The maximum atomic E-state index is 13.2. The SMILES string of the molecule is COc1ccc(C(F)(F)F)cc1CNC1C2CCCC(C2)NC1c1ccccc1. The van der Waals surface area contributed by atoms with Crippen LogP contribution in [-0.2, 0) is 12.7 Å². The molecule has 4 unspecified atom stereocenters. The van der Waals surface area contributed by atoms with Gasteiger partial charge in [-0.1, -0.05) is 36.8 Å². The minimum Gasteiger partial charge on any atom is -0.496 e. The van der Waals surface area contributed by atoms with Gasteiger partial charge in [-0.25, -0.2) is 0 Å². The molecule has 2 aromatic rings. The second-order valence-corrected chi connectivity index (χ2v) is 8.11. The Morgan fingerprint density at radius 3 is 2.62 bits per heavy atom. The smallest absolute Gasteiger partial charge is 0.416 e. The normalized spacial score (nSPS) is 26.9. The number of halogens is 3. The quantitative estimate of drug-likeness (QED) is 0.730. The van der Waals surface area contributed by atoms with Crippen LogP contribution in [0.3, 0.4) is 0 Å². The fourth-order valence-electron chi connectivity index (χ4n) is 4.90. The zero-order chi connectivity index (χ0) is 20.4. The van der Waals surface area contributed by atoms with Crippen molar-refractivity contribution in [3.8, 4) is 5.75 Å². The van der Waals surface area contributed by atoms with Crippen LogP contribution in [0.1, 0.15) is 48.4 Å². The minimum absolute atomic E-state index is 0.150. The third kappa shape index (κ3) is 4.43. The van der Waals surface area contributed by atoms with Crippen LogP contribution in [-0.4, -0.2) is 19.2 Å². The summed E-state index contributed by atoms with van der Waals surface area (Å²) in [6, 6.07) is 14.8. The van der Waals surface area contributed by atoms with Gasteiger partial charge in [0.1, 0.15) is 5.75 Å². The van der Waals surface area contributed by atoms with E-state index in [1.807, 2.05) is 18.2 Å². The van der Waals surface area contributed by atoms with Gasteiger partial charge in [0, 0.05) is 30.2 Å². The van der Waals surface area contributed by atoms with Crippen LogP contribution in [0, 0.1) is 5.92 Å². The molecule has 0 spiro atoms. The first-order valence-corrected chi connectivity index (χ1v) is 10.2. The Bertz CT molecular complexity index is 825. The van der Waals surface area contributed by atoms with E-state index in [1.165, 1.54) is 37.6 Å². The van der Waals surface area contributed by atoms with Gasteiger partial charge in [-0.05, 0) is 48.9 Å². The highest BCUT2D eigenvalue weighted by molar-refractivity contribution is 5.38. The Labute approximate surface area is 169 Å². The Kier molecular flexibility index (Phi) is 5.83. The topological polar surface area (TPSA) is 33.3 Å². The first kappa shape index (κ1) is 20.2. The van der Waals surface area contributed by atoms with E-state index in [9.17, 15) is 13.2 Å². The molecule has 2 N–H and O–H groups in total. The third-order valence-corrected chi connectivity index (χ3v) is 6.29. The Morgan fingerprint density at radius 2 is 1.90 bits per heavy atom. The van der Waals surface area contributed by atoms with E-state index < -0.39 is 11.7 Å². The van der Waals surface area contributed by atoms with Crippen LogP contribution in [0.25, 0.3) is 0 Å². The first-order chi connectivity index (χ1) is 14.0. The lowest BCUT2D eigenvalue weighted by Gasteiger charge is -2.47. The van der Waals surface area contributed by atoms with Crippen molar-refractivity contribution < 1.29 is 17.9 Å². The molecule has 0 amide bonds. The van der Waals surface area contributed by atoms with Crippen molar-refractivity contribution >= 4 is 0 Å². The summed E-state index contributed by atoms with van der Waals surface area (Å²) >= 11 is 0. The number of rotatable bonds is 5. The minimum atomic E-state index is -4.36. The number of hydrogen-bond acceptors (Lipinski definition) is 3. The number of alkyl halides is 3. The predicted molar refractivity (Wildman–Crippen MR) is 107 cm³/mol. The molecule has 1 saturated carbocycles. The second kappa shape index (κ2) is 8.36. The van der Waals surface area contributed by atoms with Gasteiger partial charge in [-0.3, -0.25) is 0 Å². The summed E-state index contributed by atoms with van der Waals surface area (Å²) in [5.41, 5.74) is 1.11. The summed E-state index contributed by atoms with van der Waals surface area (Å²) < 4.78 is 44.9. The lowest BCUT2D eigenvalue weighted by molar-refractivity contribution is -0.137. The van der Waals surface area contributed by atoms with Crippen molar-refractivity contribution in [3.05, 3.63) is 65.2 Å². The summed E-state index contributed by atoms with van der Waals surface area (Å²) in [7, 11) is 1.49. The zero-order valence-electron chi connectivity index (χ0n) is 16.5. The van der Waals surface area contributed by atoms with E-state index in [4.69, 9.17) is 4.74 Å². The molecule has 1 aliphatic heterocycles. The number of ether oxygens (including phenoxy) is 1. The van der Waals surface area contributed by atoms with Gasteiger partial charge in [0.15, 0.2) is 0 Å². The standard InChI is InChI=1S/C23H27F3N2O/c1-29-20-11-10-18(23(24,25)26)12-17(20)14-27-21-16-8-5-9-19(13-16)28-22(21)15-6-3-2-4-7-15/h2-4,6-7,10-12,16,19,21-22,27-28H,5,8-9,13-14H2,1H3. The molecule has 2 aliphatic rings. The van der Waals surface area contributed by atoms with E-state index in [2.05, 4.69) is 22.8 Å². The van der Waals surface area contributed by atoms with Crippen LogP contribution in [0.2, 0.25) is 0 Å². The number of benzene rings is 2. The molecule has 156 valence electrons. The van der Waals surface area contributed by atoms with Crippen LogP contribution in [0.4, 0.5) is 13.2 Å². The Morgan fingerprint density at radius 1 is 1.10 bits per heavy atom. The van der Waals surface area contributed by atoms with Gasteiger partial charge >= 0.3 is 6.18 Å². The second-order valence-electron chi connectivity index (χ2n) is 8.11. The van der Waals surface area contributed by atoms with Crippen molar-refractivity contribution in [2.75, 3.05) is 7.11 Å². The molecule has 1 heterocycles. The highest BCUT2D eigenvalue weighted by atomic mass is 19.4. The molecular weight excluding hydrogens is 377 g/mol. The monoisotopic (exact) mass is 404 g/mol. The lowest BCUT2D eigenvalue weighted by Crippen LogP contribution is -2.56. The van der Waals surface area contributed by atoms with Crippen molar-refractivity contribution in [3.63, 3.8) is 0 Å². The van der Waals surface area contributed by atoms with Gasteiger partial charge in [0.25, 0.3) is 0 Å². The van der Waals surface area contributed by atoms with Gasteiger partial charge in [-0.15, -0.1) is 0 Å². The number of fused-ring (bicyclic) bond motifs is 2. The van der Waals surface area contributed by atoms with Crippen molar-refractivity contribution in [2.24, 2.45) is 5.92 Å². The third-order valence-electron chi connectivity index (χ3n) is 6.29. The van der Waals surface area contributed by atoms with Crippen molar-refractivity contribution in [2.45, 2.75) is 56.5 Å². The number of hydrogen-bond donors (Lipinski definition) is 2. The molecule has 2 bridgehead atoms. The van der Waals surface area contributed by atoms with E-state index >= 15 is 0 Å². The van der Waals surface area contributed by atoms with Crippen LogP contribution >= 0.6 is 0 Å². The molecule has 4 rings (SSSR count). The molecular formula is C23H27F3N2O. The molecule has 3 nitrogen and oxygen atoms in total. The molecule has 29 heavy (non-hydrogen) atoms. The molecule has 0 aromatic heterocycles. The van der Waals surface area contributed by atoms with Gasteiger partial charge < -0.3 is 15.4 Å². The van der Waals surface area contributed by atoms with Crippen LogP contribution in [0.15, 0.2) is 48.5 Å². The fourth-order valence-corrected chi connectivity index (χ4v) is 4.90. The first-order valence-electron chi connectivity index (χ1n) is 10.2. The predicted octanol–water partition coefficient (Wildman–Crippen LogP) is 5.08. The molecule has 2 fully saturated rings. The maximum absolute atomic E-state index is 13.2. The average molecular weight is 404 g/mol. The number of methoxy groups -OCH3 is 1. The largest absolute Gasteiger partial charge is 0.496 e. The summed E-state index contributed by atoms with van der Waals surface area (Å²) in [6.07, 6.45) is 0.277. The molecule has 2 aromatic carbocycles. The van der Waals surface area contributed by atoms with E-state index in [0.29, 0.717) is 29.8 Å². The molecule has 4 atom stereocenters. The summed E-state index contributed by atoms with van der Waals surface area (Å²) in [5, 5.41) is 7.36. The van der Waals surface area contributed by atoms with Gasteiger partial charge in [0.2, 0.25) is 0 Å². The highest BCUT2D eigenvalue weighted by Crippen LogP contribution is 2.39. The van der Waals surface area contributed by atoms with E-state index in [-0.39, 0.29) is 12.1 Å². The summed E-state index contributed by atoms with van der Waals surface area (Å²) in [6.45, 7) is 0.337. The van der Waals surface area contributed by atoms with E-state index in [0.717, 1.165) is 18.9 Å². The highest BCUT2D eigenvalue weighted by Gasteiger charge is 2.40. The zero-order valence-corrected chi connectivity index (χ0v) is 16.5. The van der Waals surface area contributed by atoms with Crippen LogP contribution in [0.5, 0.6) is 5.75 Å². The van der Waals surface area contributed by atoms with Crippen molar-refractivity contribution in [1.82, 2.24) is 10.6 Å². The Hall–Kier alpha value is -2.05. The molecule has 1 saturated heterocycles. The lowest BCUT2D eigenvalue weighted by atomic mass is 9.73. The van der Waals surface area contributed by atoms with Crippen LogP contribution < -0.4 is 15.4 Å². The molecule has 6 heteroatoms. The molecule has 0 radical (unpaired) electrons. The van der Waals surface area contributed by atoms with Gasteiger partial charge in [0.05, 0.1) is 12.7 Å². The Balaban J connectivity index is 1.58. The summed E-state index contributed by atoms with van der Waals surface area (Å²) in [5.74, 6) is 0.990. The number of nitrogens with one attached hydrogen (secondary N) is 2. The summed E-state index contributed by atoms with van der Waals surface area (Å²) in [4.78, 5) is 0. The van der Waals surface area contributed by atoms with Crippen molar-refractivity contribution in [1.29, 1.82) is 0 Å². The maximum Gasteiger partial charge on any atom is 0.416 e. The van der Waals surface area contributed by atoms with E-state index in [1.54, 1.807) is 0 Å². The average Bonchev–Trinajstić information content (AvgIpc) is 2.73.